The van der Waals surface area contributed by atoms with E-state index in [9.17, 15) is 9.59 Å². The van der Waals surface area contributed by atoms with Gasteiger partial charge in [0.1, 0.15) is 13.2 Å². The maximum Gasteiger partial charge on any atom is 0.329 e. The van der Waals surface area contributed by atoms with Crippen molar-refractivity contribution < 1.29 is 19.4 Å². The van der Waals surface area contributed by atoms with Crippen LogP contribution < -0.4 is 5.32 Å². The van der Waals surface area contributed by atoms with Crippen LogP contribution in [0.2, 0.25) is 0 Å². The third-order valence-corrected chi connectivity index (χ3v) is 2.59. The van der Waals surface area contributed by atoms with E-state index in [1.807, 2.05) is 7.05 Å². The highest BCUT2D eigenvalue weighted by molar-refractivity contribution is 5.77. The Labute approximate surface area is 102 Å². The second-order valence-electron chi connectivity index (χ2n) is 3.97. The molecule has 1 amide bonds. The number of amides is 1. The predicted molar refractivity (Wildman–Crippen MR) is 63.8 cm³/mol. The van der Waals surface area contributed by atoms with Crippen molar-refractivity contribution in [2.75, 3.05) is 33.4 Å². The van der Waals surface area contributed by atoms with Crippen molar-refractivity contribution in [3.8, 4) is 0 Å². The van der Waals surface area contributed by atoms with E-state index in [1.165, 1.54) is 0 Å². The molecule has 1 atom stereocenters. The van der Waals surface area contributed by atoms with Crippen LogP contribution in [-0.4, -0.2) is 61.3 Å². The molecule has 0 saturated carbocycles. The van der Waals surface area contributed by atoms with Crippen molar-refractivity contribution in [1.29, 1.82) is 0 Å². The van der Waals surface area contributed by atoms with Crippen LogP contribution >= 0.6 is 0 Å². The van der Waals surface area contributed by atoms with Crippen LogP contribution in [0.4, 0.5) is 0 Å². The van der Waals surface area contributed by atoms with Crippen LogP contribution in [0.3, 0.4) is 0 Å². The Morgan fingerprint density at radius 2 is 2.06 bits per heavy atom. The number of hydrogen-bond acceptors (Lipinski definition) is 4. The first-order valence-corrected chi connectivity index (χ1v) is 5.73. The lowest BCUT2D eigenvalue weighted by Crippen LogP contribution is -2.38. The van der Waals surface area contributed by atoms with Gasteiger partial charge in [-0.25, -0.2) is 4.79 Å². The van der Waals surface area contributed by atoms with Crippen molar-refractivity contribution in [2.24, 2.45) is 0 Å². The number of nitrogens with zero attached hydrogens (tertiary/aromatic N) is 1. The summed E-state index contributed by atoms with van der Waals surface area (Å²) in [7, 11) is 2.00. The van der Waals surface area contributed by atoms with Crippen LogP contribution in [0.5, 0.6) is 0 Å². The smallest absolute Gasteiger partial charge is 0.329 e. The lowest BCUT2D eigenvalue weighted by atomic mass is 10.2. The van der Waals surface area contributed by atoms with Gasteiger partial charge in [-0.2, -0.15) is 0 Å². The van der Waals surface area contributed by atoms with E-state index in [-0.39, 0.29) is 12.5 Å². The molecule has 0 aromatic heterocycles. The molecule has 0 aliphatic heterocycles. The fourth-order valence-corrected chi connectivity index (χ4v) is 1.19. The summed E-state index contributed by atoms with van der Waals surface area (Å²) >= 11 is 0. The van der Waals surface area contributed by atoms with Crippen molar-refractivity contribution in [3.05, 3.63) is 0 Å². The summed E-state index contributed by atoms with van der Waals surface area (Å²) in [5.41, 5.74) is 0. The van der Waals surface area contributed by atoms with Crippen LogP contribution in [-0.2, 0) is 14.3 Å². The van der Waals surface area contributed by atoms with E-state index in [4.69, 9.17) is 5.11 Å². The van der Waals surface area contributed by atoms with Gasteiger partial charge in [-0.1, -0.05) is 6.92 Å². The van der Waals surface area contributed by atoms with Gasteiger partial charge in [0.2, 0.25) is 5.91 Å². The molecule has 6 heteroatoms. The van der Waals surface area contributed by atoms with E-state index < -0.39 is 12.6 Å². The summed E-state index contributed by atoms with van der Waals surface area (Å²) in [6.45, 7) is 4.88. The summed E-state index contributed by atoms with van der Waals surface area (Å²) in [5, 5.41) is 11.0. The standard InChI is InChI=1S/C11H22N2O4/c1-4-9(2)13(3)6-5-12-10(14)7-17-8-11(15)16/h9H,4-8H2,1-3H3,(H,12,14)(H,15,16). The monoisotopic (exact) mass is 246 g/mol. The highest BCUT2D eigenvalue weighted by atomic mass is 16.5. The van der Waals surface area contributed by atoms with Crippen LogP contribution in [0.15, 0.2) is 0 Å². The predicted octanol–water partition coefficient (Wildman–Crippen LogP) is -0.0659. The second-order valence-corrected chi connectivity index (χ2v) is 3.97. The van der Waals surface area contributed by atoms with Gasteiger partial charge >= 0.3 is 5.97 Å². The fourth-order valence-electron chi connectivity index (χ4n) is 1.19. The molecule has 17 heavy (non-hydrogen) atoms. The fraction of sp³-hybridized carbons (Fsp3) is 0.818. The number of aliphatic carboxylic acids is 1. The number of nitrogens with one attached hydrogen (secondary N) is 1. The Bertz CT molecular complexity index is 246. The van der Waals surface area contributed by atoms with Crippen LogP contribution in [0.1, 0.15) is 20.3 Å². The topological polar surface area (TPSA) is 78.9 Å². The SMILES string of the molecule is CCC(C)N(C)CCNC(=O)COCC(=O)O. The molecule has 0 fully saturated rings. The van der Waals surface area contributed by atoms with E-state index in [0.29, 0.717) is 12.6 Å². The van der Waals surface area contributed by atoms with E-state index in [1.54, 1.807) is 0 Å². The summed E-state index contributed by atoms with van der Waals surface area (Å²) in [6.07, 6.45) is 1.06. The number of carbonyl (C=O) groups excluding carboxylic acids is 1. The molecule has 2 N–H and O–H groups in total. The third kappa shape index (κ3) is 8.65. The van der Waals surface area contributed by atoms with Gasteiger partial charge in [-0.15, -0.1) is 0 Å². The average molecular weight is 246 g/mol. The molecule has 0 heterocycles. The maximum absolute atomic E-state index is 11.2. The normalized spacial score (nSPS) is 12.5. The lowest BCUT2D eigenvalue weighted by Gasteiger charge is -2.23. The Kier molecular flexibility index (Phi) is 8.35. The Balaban J connectivity index is 3.54. The minimum atomic E-state index is -1.07. The second kappa shape index (κ2) is 8.95. The van der Waals surface area contributed by atoms with Crippen LogP contribution in [0.25, 0.3) is 0 Å². The molecule has 100 valence electrons. The average Bonchev–Trinajstić information content (AvgIpc) is 2.27. The molecule has 6 nitrogen and oxygen atoms in total. The summed E-state index contributed by atoms with van der Waals surface area (Å²) in [4.78, 5) is 23.5. The molecule has 0 aromatic rings. The first-order valence-electron chi connectivity index (χ1n) is 5.73. The minimum Gasteiger partial charge on any atom is -0.480 e. The largest absolute Gasteiger partial charge is 0.480 e. The lowest BCUT2D eigenvalue weighted by molar-refractivity contribution is -0.143. The molecular formula is C11H22N2O4. The van der Waals surface area contributed by atoms with Gasteiger partial charge in [0, 0.05) is 19.1 Å². The zero-order valence-electron chi connectivity index (χ0n) is 10.7. The Hall–Kier alpha value is -1.14. The van der Waals surface area contributed by atoms with E-state index >= 15 is 0 Å². The molecule has 0 aliphatic rings. The maximum atomic E-state index is 11.2. The zero-order chi connectivity index (χ0) is 13.3. The van der Waals surface area contributed by atoms with E-state index in [2.05, 4.69) is 28.8 Å². The van der Waals surface area contributed by atoms with Crippen molar-refractivity contribution in [1.82, 2.24) is 10.2 Å². The summed E-state index contributed by atoms with van der Waals surface area (Å²) in [6, 6.07) is 0.482. The quantitative estimate of drug-likeness (QED) is 0.595. The van der Waals surface area contributed by atoms with Crippen LogP contribution in [0, 0.1) is 0 Å². The van der Waals surface area contributed by atoms with Gasteiger partial charge in [-0.05, 0) is 20.4 Å². The van der Waals surface area contributed by atoms with Crippen molar-refractivity contribution in [3.63, 3.8) is 0 Å². The van der Waals surface area contributed by atoms with Gasteiger partial charge in [-0.3, -0.25) is 4.79 Å². The number of carboxylic acid groups (broad SMARTS) is 1. The summed E-state index contributed by atoms with van der Waals surface area (Å²) < 4.78 is 4.66. The van der Waals surface area contributed by atoms with Gasteiger partial charge in [0.25, 0.3) is 0 Å². The molecule has 0 bridgehead atoms. The molecule has 0 radical (unpaired) electrons. The van der Waals surface area contributed by atoms with Crippen molar-refractivity contribution >= 4 is 11.9 Å². The number of hydrogen-bond donors (Lipinski definition) is 2. The molecule has 1 unspecified atom stereocenters. The molecular weight excluding hydrogens is 224 g/mol. The van der Waals surface area contributed by atoms with Crippen molar-refractivity contribution in [2.45, 2.75) is 26.3 Å². The number of carbonyl (C=O) groups is 2. The first-order chi connectivity index (χ1) is 7.97. The number of ether oxygens (including phenoxy) is 1. The Morgan fingerprint density at radius 1 is 1.41 bits per heavy atom. The molecule has 0 aliphatic carbocycles. The van der Waals surface area contributed by atoms with E-state index in [0.717, 1.165) is 13.0 Å². The molecule has 0 saturated heterocycles. The van der Waals surface area contributed by atoms with Gasteiger partial charge < -0.3 is 20.1 Å². The number of rotatable bonds is 9. The highest BCUT2D eigenvalue weighted by Crippen LogP contribution is 1.97. The molecule has 0 rings (SSSR count). The highest BCUT2D eigenvalue weighted by Gasteiger charge is 2.07. The zero-order valence-corrected chi connectivity index (χ0v) is 10.7. The van der Waals surface area contributed by atoms with Gasteiger partial charge in [0.15, 0.2) is 0 Å². The Morgan fingerprint density at radius 3 is 2.59 bits per heavy atom. The first kappa shape index (κ1) is 15.9. The molecule has 0 aromatic carbocycles. The number of likely N-dealkylation sites (N-methyl/N-ethyl adjacent to an activating group) is 1. The minimum absolute atomic E-state index is 0.209. The number of carboxylic acids is 1. The van der Waals surface area contributed by atoms with Gasteiger partial charge in [0.05, 0.1) is 0 Å². The third-order valence-electron chi connectivity index (χ3n) is 2.59. The molecule has 0 spiro atoms. The summed E-state index contributed by atoms with van der Waals surface area (Å²) in [5.74, 6) is -1.36.